The molecule has 0 aromatic carbocycles. The maximum atomic E-state index is 2.42. The Kier molecular flexibility index (Phi) is 1.12. The zero-order chi connectivity index (χ0) is 6.43. The van der Waals surface area contributed by atoms with Crippen molar-refractivity contribution in [3.63, 3.8) is 0 Å². The third kappa shape index (κ3) is 0.798. The normalized spacial score (nSPS) is 56.7. The molecule has 9 heavy (non-hydrogen) atoms. The second kappa shape index (κ2) is 1.74. The van der Waals surface area contributed by atoms with Crippen LogP contribution in [0.5, 0.6) is 0 Å². The van der Waals surface area contributed by atoms with Crippen LogP contribution in [0, 0.1) is 23.7 Å². The highest BCUT2D eigenvalue weighted by molar-refractivity contribution is 4.97. The van der Waals surface area contributed by atoms with E-state index in [0.29, 0.717) is 0 Å². The van der Waals surface area contributed by atoms with Gasteiger partial charge in [-0.15, -0.1) is 0 Å². The van der Waals surface area contributed by atoms with Crippen LogP contribution in [0.2, 0.25) is 0 Å². The van der Waals surface area contributed by atoms with Gasteiger partial charge in [0.15, 0.2) is 0 Å². The molecule has 4 atom stereocenters. The van der Waals surface area contributed by atoms with Gasteiger partial charge in [0, 0.05) is 0 Å². The summed E-state index contributed by atoms with van der Waals surface area (Å²) in [5.74, 6) is 4.43. The molecule has 0 aromatic rings. The fourth-order valence-electron chi connectivity index (χ4n) is 2.56. The molecule has 52 valence electrons. The zero-order valence-electron chi connectivity index (χ0n) is 6.43. The summed E-state index contributed by atoms with van der Waals surface area (Å²) in [4.78, 5) is 0. The van der Waals surface area contributed by atoms with Crippen LogP contribution in [-0.4, -0.2) is 0 Å². The molecular formula is C9H16. The SMILES string of the molecule is CC1CCC2C(C1)[C@H]2C. The highest BCUT2D eigenvalue weighted by Crippen LogP contribution is 2.56. The van der Waals surface area contributed by atoms with Crippen molar-refractivity contribution in [2.24, 2.45) is 23.7 Å². The maximum absolute atomic E-state index is 2.42. The van der Waals surface area contributed by atoms with Gasteiger partial charge >= 0.3 is 0 Å². The van der Waals surface area contributed by atoms with Gasteiger partial charge in [-0.25, -0.2) is 0 Å². The van der Waals surface area contributed by atoms with Gasteiger partial charge in [-0.05, 0) is 36.5 Å². The Morgan fingerprint density at radius 3 is 2.33 bits per heavy atom. The van der Waals surface area contributed by atoms with E-state index in [4.69, 9.17) is 0 Å². The first-order valence-electron chi connectivity index (χ1n) is 4.29. The first-order valence-corrected chi connectivity index (χ1v) is 4.29. The lowest BCUT2D eigenvalue weighted by Crippen LogP contribution is -2.03. The molecule has 0 nitrogen and oxygen atoms in total. The van der Waals surface area contributed by atoms with E-state index in [1.807, 2.05) is 0 Å². The molecule has 0 aromatic heterocycles. The lowest BCUT2D eigenvalue weighted by molar-refractivity contribution is 0.368. The van der Waals surface area contributed by atoms with Crippen molar-refractivity contribution in [2.75, 3.05) is 0 Å². The van der Waals surface area contributed by atoms with E-state index in [1.54, 1.807) is 0 Å². The minimum absolute atomic E-state index is 1.04. The Balaban J connectivity index is 1.96. The quantitative estimate of drug-likeness (QED) is 0.465. The molecule has 2 fully saturated rings. The lowest BCUT2D eigenvalue weighted by Gasteiger charge is -2.15. The lowest BCUT2D eigenvalue weighted by atomic mass is 9.91. The summed E-state index contributed by atoms with van der Waals surface area (Å²) in [6.45, 7) is 4.83. The van der Waals surface area contributed by atoms with Crippen LogP contribution in [0.25, 0.3) is 0 Å². The Morgan fingerprint density at radius 2 is 1.78 bits per heavy atom. The van der Waals surface area contributed by atoms with Gasteiger partial charge in [-0.1, -0.05) is 20.3 Å². The van der Waals surface area contributed by atoms with E-state index >= 15 is 0 Å². The molecule has 0 aliphatic heterocycles. The van der Waals surface area contributed by atoms with Gasteiger partial charge < -0.3 is 0 Å². The van der Waals surface area contributed by atoms with Gasteiger partial charge in [0.1, 0.15) is 0 Å². The smallest absolute Gasteiger partial charge is 0.0352 e. The first kappa shape index (κ1) is 5.76. The average molecular weight is 124 g/mol. The molecular weight excluding hydrogens is 108 g/mol. The molecule has 0 heteroatoms. The van der Waals surface area contributed by atoms with Crippen molar-refractivity contribution < 1.29 is 0 Å². The predicted molar refractivity (Wildman–Crippen MR) is 39.2 cm³/mol. The van der Waals surface area contributed by atoms with E-state index in [0.717, 1.165) is 23.7 Å². The molecule has 0 amide bonds. The summed E-state index contributed by atoms with van der Waals surface area (Å²) in [7, 11) is 0. The molecule has 0 heterocycles. The number of rotatable bonds is 0. The Morgan fingerprint density at radius 1 is 1.00 bits per heavy atom. The van der Waals surface area contributed by atoms with E-state index in [-0.39, 0.29) is 0 Å². The summed E-state index contributed by atoms with van der Waals surface area (Å²) in [5.41, 5.74) is 0. The first-order chi connectivity index (χ1) is 4.29. The standard InChI is InChI=1S/C9H16/c1-6-3-4-8-7(2)9(8)5-6/h6-9H,3-5H2,1-2H3/t6?,7-,8?,9?/m0/s1. The Bertz CT molecular complexity index is 117. The van der Waals surface area contributed by atoms with Crippen molar-refractivity contribution in [3.8, 4) is 0 Å². The van der Waals surface area contributed by atoms with Crippen molar-refractivity contribution in [1.82, 2.24) is 0 Å². The van der Waals surface area contributed by atoms with E-state index < -0.39 is 0 Å². The van der Waals surface area contributed by atoms with Gasteiger partial charge in [-0.3, -0.25) is 0 Å². The Hall–Kier alpha value is 0. The van der Waals surface area contributed by atoms with E-state index in [2.05, 4.69) is 13.8 Å². The number of hydrogen-bond donors (Lipinski definition) is 0. The minimum atomic E-state index is 1.04. The van der Waals surface area contributed by atoms with Crippen molar-refractivity contribution in [2.45, 2.75) is 33.1 Å². The van der Waals surface area contributed by atoms with E-state index in [9.17, 15) is 0 Å². The van der Waals surface area contributed by atoms with Crippen LogP contribution < -0.4 is 0 Å². The molecule has 0 spiro atoms. The fraction of sp³-hybridized carbons (Fsp3) is 1.00. The molecule has 0 radical (unpaired) electrons. The van der Waals surface area contributed by atoms with Crippen molar-refractivity contribution in [1.29, 1.82) is 0 Å². The summed E-state index contributed by atoms with van der Waals surface area (Å²) < 4.78 is 0. The summed E-state index contributed by atoms with van der Waals surface area (Å²) >= 11 is 0. The molecule has 2 saturated carbocycles. The predicted octanol–water partition coefficient (Wildman–Crippen LogP) is 2.69. The topological polar surface area (TPSA) is 0 Å². The van der Waals surface area contributed by atoms with Crippen LogP contribution >= 0.6 is 0 Å². The van der Waals surface area contributed by atoms with Gasteiger partial charge in [0.2, 0.25) is 0 Å². The van der Waals surface area contributed by atoms with Gasteiger partial charge in [0.25, 0.3) is 0 Å². The zero-order valence-corrected chi connectivity index (χ0v) is 6.43. The van der Waals surface area contributed by atoms with Crippen LogP contribution in [0.1, 0.15) is 33.1 Å². The highest BCUT2D eigenvalue weighted by Gasteiger charge is 2.48. The molecule has 0 saturated heterocycles. The molecule has 2 rings (SSSR count). The molecule has 0 N–H and O–H groups in total. The number of hydrogen-bond acceptors (Lipinski definition) is 0. The van der Waals surface area contributed by atoms with Crippen LogP contribution in [-0.2, 0) is 0 Å². The molecule has 0 bridgehead atoms. The number of fused-ring (bicyclic) bond motifs is 1. The molecule has 2 aliphatic rings. The molecule has 2 aliphatic carbocycles. The van der Waals surface area contributed by atoms with Gasteiger partial charge in [0.05, 0.1) is 0 Å². The second-order valence-corrected chi connectivity index (χ2v) is 4.11. The summed E-state index contributed by atoms with van der Waals surface area (Å²) in [6, 6.07) is 0. The largest absolute Gasteiger partial charge is 0.0625 e. The van der Waals surface area contributed by atoms with Crippen molar-refractivity contribution >= 4 is 0 Å². The monoisotopic (exact) mass is 124 g/mol. The fourth-order valence-corrected chi connectivity index (χ4v) is 2.56. The maximum Gasteiger partial charge on any atom is -0.0352 e. The Labute approximate surface area is 57.6 Å². The third-order valence-corrected chi connectivity index (χ3v) is 3.43. The molecule has 3 unspecified atom stereocenters. The van der Waals surface area contributed by atoms with Gasteiger partial charge in [-0.2, -0.15) is 0 Å². The second-order valence-electron chi connectivity index (χ2n) is 4.11. The minimum Gasteiger partial charge on any atom is -0.0625 e. The highest BCUT2D eigenvalue weighted by atomic mass is 14.5. The summed E-state index contributed by atoms with van der Waals surface area (Å²) in [5, 5.41) is 0. The van der Waals surface area contributed by atoms with Crippen LogP contribution in [0.15, 0.2) is 0 Å². The van der Waals surface area contributed by atoms with Crippen molar-refractivity contribution in [3.05, 3.63) is 0 Å². The average Bonchev–Trinajstić information content (AvgIpc) is 2.43. The van der Waals surface area contributed by atoms with Crippen LogP contribution in [0.3, 0.4) is 0 Å². The summed E-state index contributed by atoms with van der Waals surface area (Å²) in [6.07, 6.45) is 4.57. The van der Waals surface area contributed by atoms with E-state index in [1.165, 1.54) is 19.3 Å². The third-order valence-electron chi connectivity index (χ3n) is 3.43. The van der Waals surface area contributed by atoms with Crippen LogP contribution in [0.4, 0.5) is 0 Å².